The number of hydrogen-bond donors (Lipinski definition) is 3. The van der Waals surface area contributed by atoms with Crippen LogP contribution in [0, 0.1) is 11.3 Å². The van der Waals surface area contributed by atoms with Crippen LogP contribution >= 0.6 is 0 Å². The van der Waals surface area contributed by atoms with Gasteiger partial charge in [-0.3, -0.25) is 14.5 Å². The van der Waals surface area contributed by atoms with E-state index in [-0.39, 0.29) is 11.4 Å². The maximum atomic E-state index is 13.3. The summed E-state index contributed by atoms with van der Waals surface area (Å²) in [5, 5.41) is 22.6. The second kappa shape index (κ2) is 8.61. The van der Waals surface area contributed by atoms with E-state index in [1.165, 1.54) is 0 Å². The fraction of sp³-hybridized carbons (Fsp3) is 0.240. The van der Waals surface area contributed by atoms with E-state index in [9.17, 15) is 24.8 Å². The molecule has 5 rings (SSSR count). The van der Waals surface area contributed by atoms with Gasteiger partial charge < -0.3 is 20.1 Å². The zero-order valence-electron chi connectivity index (χ0n) is 18.6. The molecule has 3 N–H and O–H groups in total. The van der Waals surface area contributed by atoms with E-state index >= 15 is 0 Å². The number of nitrogens with zero attached hydrogens (tertiary/aromatic N) is 3. The van der Waals surface area contributed by atoms with Crippen molar-refractivity contribution in [1.82, 2.24) is 20.2 Å². The van der Waals surface area contributed by atoms with Crippen molar-refractivity contribution in [2.75, 3.05) is 13.2 Å². The maximum absolute atomic E-state index is 13.3. The number of urea groups is 1. The Bertz CT molecular complexity index is 1400. The van der Waals surface area contributed by atoms with Crippen LogP contribution in [-0.2, 0) is 26.3 Å². The van der Waals surface area contributed by atoms with Gasteiger partial charge in [-0.15, -0.1) is 0 Å². The van der Waals surface area contributed by atoms with Crippen LogP contribution in [-0.4, -0.2) is 51.0 Å². The lowest BCUT2D eigenvalue weighted by atomic mass is 9.76. The molecule has 3 amide bonds. The molecular weight excluding hydrogens is 450 g/mol. The number of carbonyl (C=O) groups excluding carboxylic acids is 3. The van der Waals surface area contributed by atoms with Crippen LogP contribution in [0.15, 0.2) is 54.3 Å². The van der Waals surface area contributed by atoms with Crippen LogP contribution in [0.3, 0.4) is 0 Å². The van der Waals surface area contributed by atoms with Crippen molar-refractivity contribution in [2.45, 2.75) is 24.8 Å². The van der Waals surface area contributed by atoms with Crippen molar-refractivity contribution in [3.05, 3.63) is 71.2 Å². The summed E-state index contributed by atoms with van der Waals surface area (Å²) in [7, 11) is 0. The fourth-order valence-corrected chi connectivity index (χ4v) is 4.68. The average molecular weight is 471 g/mol. The first-order valence-corrected chi connectivity index (χ1v) is 11.1. The quantitative estimate of drug-likeness (QED) is 0.224. The largest absolute Gasteiger partial charge is 0.507 e. The van der Waals surface area contributed by atoms with Crippen molar-refractivity contribution in [3.63, 3.8) is 0 Å². The standard InChI is InChI=1S/C25H21N5O5/c26-12-16(22-27-18-9-3-4-10-19(18)28-22)20(31)14-35-21(32)13-30-23(33)25(29-24(30)34)11-5-7-15-6-1-2-8-17(15)25/h1-4,6,8-10,31H,5,7,11,13-14H2,(H,27,28)(H,29,34). The number of rotatable bonds is 5. The number of esters is 1. The monoisotopic (exact) mass is 471 g/mol. The van der Waals surface area contributed by atoms with E-state index in [0.29, 0.717) is 17.5 Å². The minimum atomic E-state index is -1.19. The number of aromatic nitrogens is 2. The summed E-state index contributed by atoms with van der Waals surface area (Å²) >= 11 is 0. The third-order valence-electron chi connectivity index (χ3n) is 6.33. The highest BCUT2D eigenvalue weighted by Crippen LogP contribution is 2.39. The molecule has 2 aliphatic rings. The number of imide groups is 1. The Morgan fingerprint density at radius 3 is 2.77 bits per heavy atom. The molecule has 35 heavy (non-hydrogen) atoms. The summed E-state index contributed by atoms with van der Waals surface area (Å²) in [6.45, 7) is -1.23. The molecule has 1 atom stereocenters. The highest BCUT2D eigenvalue weighted by Gasteiger charge is 2.54. The number of aliphatic hydroxyl groups is 1. The molecule has 0 saturated carbocycles. The average Bonchev–Trinajstić information content (AvgIpc) is 3.38. The van der Waals surface area contributed by atoms with E-state index in [2.05, 4.69) is 15.3 Å². The molecule has 176 valence electrons. The summed E-state index contributed by atoms with van der Waals surface area (Å²) in [5.41, 5.74) is 1.64. The third-order valence-corrected chi connectivity index (χ3v) is 6.33. The number of aryl methyl sites for hydroxylation is 1. The molecule has 1 fully saturated rings. The van der Waals surface area contributed by atoms with Gasteiger partial charge in [0.25, 0.3) is 5.91 Å². The molecular formula is C25H21N5O5. The number of para-hydroxylation sites is 2. The van der Waals surface area contributed by atoms with Crippen LogP contribution in [0.1, 0.15) is 29.8 Å². The van der Waals surface area contributed by atoms with Crippen molar-refractivity contribution < 1.29 is 24.2 Å². The number of hydrogen-bond acceptors (Lipinski definition) is 7. The smallest absolute Gasteiger partial charge is 0.326 e. The van der Waals surface area contributed by atoms with Gasteiger partial charge in [-0.1, -0.05) is 36.4 Å². The zero-order chi connectivity index (χ0) is 24.6. The van der Waals surface area contributed by atoms with Gasteiger partial charge in [-0.05, 0) is 42.5 Å². The Morgan fingerprint density at radius 1 is 1.20 bits per heavy atom. The highest BCUT2D eigenvalue weighted by atomic mass is 16.5. The first-order chi connectivity index (χ1) is 16.9. The molecule has 10 nitrogen and oxygen atoms in total. The maximum Gasteiger partial charge on any atom is 0.326 e. The van der Waals surface area contributed by atoms with Gasteiger partial charge in [0.1, 0.15) is 30.3 Å². The van der Waals surface area contributed by atoms with Crippen LogP contribution in [0.25, 0.3) is 16.6 Å². The molecule has 3 aromatic rings. The number of carbonyl (C=O) groups is 3. The number of H-pyrrole nitrogens is 1. The molecule has 2 aromatic carbocycles. The number of aromatic amines is 1. The van der Waals surface area contributed by atoms with E-state index < -0.39 is 42.4 Å². The van der Waals surface area contributed by atoms with Gasteiger partial charge in [0.2, 0.25) is 0 Å². The minimum absolute atomic E-state index is 0.134. The van der Waals surface area contributed by atoms with Crippen molar-refractivity contribution >= 4 is 34.5 Å². The second-order valence-electron chi connectivity index (χ2n) is 8.43. The first kappa shape index (κ1) is 22.2. The van der Waals surface area contributed by atoms with E-state index in [4.69, 9.17) is 4.74 Å². The number of amides is 3. The molecule has 10 heteroatoms. The van der Waals surface area contributed by atoms with Crippen molar-refractivity contribution in [1.29, 1.82) is 5.26 Å². The van der Waals surface area contributed by atoms with Gasteiger partial charge in [0, 0.05) is 0 Å². The number of imidazole rings is 1. The van der Waals surface area contributed by atoms with Gasteiger partial charge in [-0.2, -0.15) is 5.26 Å². The molecule has 1 spiro atoms. The summed E-state index contributed by atoms with van der Waals surface area (Å²) in [6, 6.07) is 15.7. The molecule has 1 aromatic heterocycles. The molecule has 1 unspecified atom stereocenters. The lowest BCUT2D eigenvalue weighted by molar-refractivity contribution is -0.147. The molecule has 1 aliphatic heterocycles. The Hall–Kier alpha value is -4.65. The molecule has 1 saturated heterocycles. The fourth-order valence-electron chi connectivity index (χ4n) is 4.68. The summed E-state index contributed by atoms with van der Waals surface area (Å²) in [6.07, 6.45) is 1.96. The lowest BCUT2D eigenvalue weighted by Gasteiger charge is -2.33. The summed E-state index contributed by atoms with van der Waals surface area (Å²) in [4.78, 5) is 46.4. The predicted octanol–water partition coefficient (Wildman–Crippen LogP) is 2.68. The van der Waals surface area contributed by atoms with E-state index in [0.717, 1.165) is 28.9 Å². The van der Waals surface area contributed by atoms with Crippen LogP contribution in [0.4, 0.5) is 4.79 Å². The molecule has 2 heterocycles. The summed E-state index contributed by atoms with van der Waals surface area (Å²) < 4.78 is 5.07. The number of nitriles is 1. The third kappa shape index (κ3) is 3.77. The zero-order valence-corrected chi connectivity index (χ0v) is 18.6. The number of aliphatic hydroxyl groups excluding tert-OH is 1. The minimum Gasteiger partial charge on any atom is -0.507 e. The predicted molar refractivity (Wildman–Crippen MR) is 124 cm³/mol. The molecule has 0 radical (unpaired) electrons. The SMILES string of the molecule is N#CC(=C(O)COC(=O)CN1C(=O)NC2(CCCc3ccccc32)C1=O)c1nc2ccccc2[nH]1. The van der Waals surface area contributed by atoms with Crippen molar-refractivity contribution in [3.8, 4) is 6.07 Å². The number of fused-ring (bicyclic) bond motifs is 3. The molecule has 1 aliphatic carbocycles. The molecule has 0 bridgehead atoms. The normalized spacial score (nSPS) is 19.8. The van der Waals surface area contributed by atoms with Crippen LogP contribution < -0.4 is 5.32 Å². The number of allylic oxidation sites excluding steroid dienone is 1. The van der Waals surface area contributed by atoms with E-state index in [1.807, 2.05) is 30.3 Å². The van der Waals surface area contributed by atoms with Gasteiger partial charge >= 0.3 is 12.0 Å². The van der Waals surface area contributed by atoms with Gasteiger partial charge in [0.15, 0.2) is 11.6 Å². The van der Waals surface area contributed by atoms with Gasteiger partial charge in [-0.25, -0.2) is 9.78 Å². The first-order valence-electron chi connectivity index (χ1n) is 11.1. The topological polar surface area (TPSA) is 148 Å². The highest BCUT2D eigenvalue weighted by molar-refractivity contribution is 6.09. The van der Waals surface area contributed by atoms with Gasteiger partial charge in [0.05, 0.1) is 11.0 Å². The van der Waals surface area contributed by atoms with Crippen LogP contribution in [0.5, 0.6) is 0 Å². The number of ether oxygens (including phenoxy) is 1. The van der Waals surface area contributed by atoms with E-state index in [1.54, 1.807) is 24.3 Å². The Kier molecular flexibility index (Phi) is 5.45. The van der Waals surface area contributed by atoms with Crippen molar-refractivity contribution in [2.24, 2.45) is 0 Å². The lowest BCUT2D eigenvalue weighted by Crippen LogP contribution is -2.46. The Balaban J connectivity index is 1.29. The summed E-state index contributed by atoms with van der Waals surface area (Å²) in [5.74, 6) is -1.78. The Labute approximate surface area is 199 Å². The number of benzene rings is 2. The second-order valence-corrected chi connectivity index (χ2v) is 8.43. The Morgan fingerprint density at radius 2 is 1.97 bits per heavy atom. The van der Waals surface area contributed by atoms with Crippen LogP contribution in [0.2, 0.25) is 0 Å². The number of nitrogens with one attached hydrogen (secondary N) is 2.